The first-order valence-corrected chi connectivity index (χ1v) is 17.4. The molecule has 0 aliphatic carbocycles. The number of carbonyl (C=O) groups excluding carboxylic acids is 2. The molecular formula is C44H52N2O6. The standard InChI is InChI=1S/C23H29NO3.C21H23NO3/c1-6-23(4,5)19-13-17(22(14-21(19)26)27-15(2)3)9-12-20(25)16-7-10-18(24)11-8-16;1-4-5-16-12-17(21(13-20(16)24)25-14(2)3)8-11-19(23)15-6-9-18(22)10-7-15/h7-15,26H,6,24H2,1-5H3;4,6-14,24H,1,5,22H2,2-3H3. The van der Waals surface area contributed by atoms with Crippen LogP contribution in [-0.2, 0) is 11.8 Å². The van der Waals surface area contributed by atoms with Gasteiger partial charge in [0.1, 0.15) is 23.0 Å². The molecule has 0 amide bonds. The van der Waals surface area contributed by atoms with E-state index >= 15 is 0 Å². The minimum absolute atomic E-state index is 0.0469. The fourth-order valence-corrected chi connectivity index (χ4v) is 5.06. The molecule has 4 aromatic rings. The van der Waals surface area contributed by atoms with Crippen LogP contribution in [0.25, 0.3) is 12.2 Å². The van der Waals surface area contributed by atoms with Crippen LogP contribution in [0.5, 0.6) is 23.0 Å². The number of rotatable bonds is 14. The Balaban J connectivity index is 0.000000281. The number of ketones is 2. The topological polar surface area (TPSA) is 145 Å². The molecule has 0 aliphatic rings. The molecule has 52 heavy (non-hydrogen) atoms. The number of allylic oxidation sites excluding steroid dienone is 3. The van der Waals surface area contributed by atoms with Crippen LogP contribution in [0.2, 0.25) is 0 Å². The number of nitrogens with two attached hydrogens (primary N) is 2. The predicted octanol–water partition coefficient (Wildman–Crippen LogP) is 9.73. The Hall–Kier alpha value is -5.76. The van der Waals surface area contributed by atoms with Gasteiger partial charge in [-0.05, 0) is 136 Å². The fourth-order valence-electron chi connectivity index (χ4n) is 5.06. The van der Waals surface area contributed by atoms with E-state index in [0.29, 0.717) is 40.4 Å². The lowest BCUT2D eigenvalue weighted by Gasteiger charge is -2.26. The van der Waals surface area contributed by atoms with Gasteiger partial charge < -0.3 is 31.2 Å². The van der Waals surface area contributed by atoms with Crippen molar-refractivity contribution in [2.75, 3.05) is 11.5 Å². The molecule has 0 saturated carbocycles. The average Bonchev–Trinajstić information content (AvgIpc) is 3.08. The summed E-state index contributed by atoms with van der Waals surface area (Å²) in [5, 5.41) is 20.6. The number of nitrogen functional groups attached to an aromatic ring is 2. The lowest BCUT2D eigenvalue weighted by atomic mass is 9.81. The third-order valence-electron chi connectivity index (χ3n) is 8.26. The van der Waals surface area contributed by atoms with E-state index in [1.807, 2.05) is 39.8 Å². The first-order chi connectivity index (χ1) is 24.5. The molecule has 6 N–H and O–H groups in total. The van der Waals surface area contributed by atoms with Crippen LogP contribution in [0.4, 0.5) is 11.4 Å². The first kappa shape index (κ1) is 40.7. The maximum absolute atomic E-state index is 12.4. The molecule has 0 spiro atoms. The second kappa shape index (κ2) is 18.5. The van der Waals surface area contributed by atoms with Gasteiger partial charge in [-0.3, -0.25) is 9.59 Å². The normalized spacial score (nSPS) is 11.5. The summed E-state index contributed by atoms with van der Waals surface area (Å²) in [7, 11) is 0. The smallest absolute Gasteiger partial charge is 0.185 e. The van der Waals surface area contributed by atoms with Gasteiger partial charge in [0.25, 0.3) is 0 Å². The van der Waals surface area contributed by atoms with Crippen molar-refractivity contribution in [3.05, 3.63) is 131 Å². The van der Waals surface area contributed by atoms with Crippen LogP contribution < -0.4 is 20.9 Å². The molecule has 0 radical (unpaired) electrons. The maximum Gasteiger partial charge on any atom is 0.185 e. The van der Waals surface area contributed by atoms with Gasteiger partial charge in [0.2, 0.25) is 0 Å². The summed E-state index contributed by atoms with van der Waals surface area (Å²) < 4.78 is 11.6. The van der Waals surface area contributed by atoms with Crippen molar-refractivity contribution in [2.45, 2.75) is 78.9 Å². The Morgan fingerprint density at radius 3 is 1.56 bits per heavy atom. The number of anilines is 2. The lowest BCUT2D eigenvalue weighted by Crippen LogP contribution is -2.16. The van der Waals surface area contributed by atoms with Crippen molar-refractivity contribution >= 4 is 35.1 Å². The Morgan fingerprint density at radius 1 is 0.731 bits per heavy atom. The molecule has 0 atom stereocenters. The van der Waals surface area contributed by atoms with Gasteiger partial charge in [0, 0.05) is 51.3 Å². The van der Waals surface area contributed by atoms with Crippen LogP contribution >= 0.6 is 0 Å². The Kier molecular flexibility index (Phi) is 14.4. The van der Waals surface area contributed by atoms with Gasteiger partial charge in [-0.15, -0.1) is 6.58 Å². The zero-order valence-electron chi connectivity index (χ0n) is 31.3. The highest BCUT2D eigenvalue weighted by Crippen LogP contribution is 2.39. The highest BCUT2D eigenvalue weighted by atomic mass is 16.5. The van der Waals surface area contributed by atoms with Crippen molar-refractivity contribution in [3.63, 3.8) is 0 Å². The molecule has 8 heteroatoms. The summed E-state index contributed by atoms with van der Waals surface area (Å²) >= 11 is 0. The highest BCUT2D eigenvalue weighted by molar-refractivity contribution is 6.07. The van der Waals surface area contributed by atoms with E-state index in [2.05, 4.69) is 27.4 Å². The minimum Gasteiger partial charge on any atom is -0.508 e. The Bertz CT molecular complexity index is 1900. The molecule has 0 fully saturated rings. The molecule has 0 unspecified atom stereocenters. The molecule has 0 bridgehead atoms. The summed E-state index contributed by atoms with van der Waals surface area (Å²) in [4.78, 5) is 24.8. The number of phenols is 2. The third-order valence-corrected chi connectivity index (χ3v) is 8.26. The average molecular weight is 705 g/mol. The monoisotopic (exact) mass is 704 g/mol. The van der Waals surface area contributed by atoms with Gasteiger partial charge in [0.05, 0.1) is 12.2 Å². The van der Waals surface area contributed by atoms with E-state index < -0.39 is 0 Å². The number of carbonyl (C=O) groups is 2. The van der Waals surface area contributed by atoms with E-state index in [0.717, 1.165) is 28.7 Å². The zero-order valence-corrected chi connectivity index (χ0v) is 31.3. The fraction of sp³-hybridized carbons (Fsp3) is 0.273. The number of hydrogen-bond acceptors (Lipinski definition) is 8. The number of benzene rings is 4. The number of hydrogen-bond donors (Lipinski definition) is 4. The number of aromatic hydroxyl groups is 2. The second-order valence-corrected chi connectivity index (χ2v) is 13.6. The Morgan fingerprint density at radius 2 is 1.15 bits per heavy atom. The van der Waals surface area contributed by atoms with Gasteiger partial charge in [-0.2, -0.15) is 0 Å². The molecule has 4 aromatic carbocycles. The highest BCUT2D eigenvalue weighted by Gasteiger charge is 2.24. The molecule has 0 aromatic heterocycles. The molecule has 4 rings (SSSR count). The summed E-state index contributed by atoms with van der Waals surface area (Å²) in [6.07, 6.45) is 9.47. The lowest BCUT2D eigenvalue weighted by molar-refractivity contribution is 0.103. The molecule has 0 aliphatic heterocycles. The van der Waals surface area contributed by atoms with E-state index in [1.165, 1.54) is 12.2 Å². The first-order valence-electron chi connectivity index (χ1n) is 17.4. The van der Waals surface area contributed by atoms with E-state index in [9.17, 15) is 19.8 Å². The van der Waals surface area contributed by atoms with Crippen LogP contribution in [0.3, 0.4) is 0 Å². The SMILES string of the molecule is C=CCc1cc(C=CC(=O)c2ccc(N)cc2)c(OC(C)C)cc1O.CCC(C)(C)c1cc(C=CC(=O)c2ccc(N)cc2)c(OC(C)C)cc1O. The molecular weight excluding hydrogens is 652 g/mol. The second-order valence-electron chi connectivity index (χ2n) is 13.6. The van der Waals surface area contributed by atoms with E-state index in [4.69, 9.17) is 20.9 Å². The van der Waals surface area contributed by atoms with E-state index in [-0.39, 0.29) is 40.7 Å². The number of ether oxygens (including phenoxy) is 2. The summed E-state index contributed by atoms with van der Waals surface area (Å²) in [5.41, 5.74) is 16.5. The van der Waals surface area contributed by atoms with E-state index in [1.54, 1.807) is 78.9 Å². The van der Waals surface area contributed by atoms with Crippen molar-refractivity contribution in [1.82, 2.24) is 0 Å². The predicted molar refractivity (Wildman–Crippen MR) is 213 cm³/mol. The Labute approximate surface area is 308 Å². The molecule has 0 saturated heterocycles. The molecule has 8 nitrogen and oxygen atoms in total. The summed E-state index contributed by atoms with van der Waals surface area (Å²) in [5.74, 6) is 1.20. The van der Waals surface area contributed by atoms with Gasteiger partial charge >= 0.3 is 0 Å². The van der Waals surface area contributed by atoms with Crippen molar-refractivity contribution in [1.29, 1.82) is 0 Å². The largest absolute Gasteiger partial charge is 0.508 e. The summed E-state index contributed by atoms with van der Waals surface area (Å²) in [6.45, 7) is 17.6. The minimum atomic E-state index is -0.190. The maximum atomic E-state index is 12.4. The van der Waals surface area contributed by atoms with Crippen molar-refractivity contribution in [3.8, 4) is 23.0 Å². The van der Waals surface area contributed by atoms with Gasteiger partial charge in [-0.1, -0.05) is 26.8 Å². The number of phenolic OH excluding ortho intramolecular Hbond substituents is 2. The van der Waals surface area contributed by atoms with Crippen LogP contribution in [0.15, 0.2) is 97.6 Å². The molecule has 0 heterocycles. The van der Waals surface area contributed by atoms with Crippen LogP contribution in [0, 0.1) is 0 Å². The third kappa shape index (κ3) is 11.7. The van der Waals surface area contributed by atoms with Crippen molar-refractivity contribution in [2.24, 2.45) is 0 Å². The summed E-state index contributed by atoms with van der Waals surface area (Å²) in [6, 6.07) is 20.5. The van der Waals surface area contributed by atoms with Crippen LogP contribution in [-0.4, -0.2) is 34.0 Å². The van der Waals surface area contributed by atoms with Gasteiger partial charge in [0.15, 0.2) is 11.6 Å². The van der Waals surface area contributed by atoms with Crippen molar-refractivity contribution < 1.29 is 29.3 Å². The van der Waals surface area contributed by atoms with Crippen LogP contribution in [0.1, 0.15) is 97.9 Å². The molecule has 274 valence electrons. The van der Waals surface area contributed by atoms with Gasteiger partial charge in [-0.25, -0.2) is 0 Å². The zero-order chi connectivity index (χ0) is 38.6. The quantitative estimate of drug-likeness (QED) is 0.0439.